The highest BCUT2D eigenvalue weighted by molar-refractivity contribution is 5.84. The van der Waals surface area contributed by atoms with E-state index < -0.39 is 0 Å². The Labute approximate surface area is 252 Å². The van der Waals surface area contributed by atoms with E-state index in [1.165, 1.54) is 57.3 Å². The first-order valence-corrected chi connectivity index (χ1v) is 16.0. The van der Waals surface area contributed by atoms with Crippen molar-refractivity contribution in [2.45, 2.75) is 89.9 Å². The van der Waals surface area contributed by atoms with Crippen molar-refractivity contribution >= 4 is 5.69 Å². The molecule has 210 valence electrons. The highest BCUT2D eigenvalue weighted by Crippen LogP contribution is 2.55. The van der Waals surface area contributed by atoms with Crippen LogP contribution in [0.1, 0.15) is 112 Å². The number of fused-ring (bicyclic) bond motifs is 6. The third kappa shape index (κ3) is 4.30. The van der Waals surface area contributed by atoms with E-state index in [1.54, 1.807) is 0 Å². The first-order valence-electron chi connectivity index (χ1n) is 16.0. The molecule has 0 heterocycles. The van der Waals surface area contributed by atoms with Gasteiger partial charge in [-0.3, -0.25) is 0 Å². The lowest BCUT2D eigenvalue weighted by molar-refractivity contribution is 0.436. The number of benzene rings is 4. The Hall–Kier alpha value is -4.07. The summed E-state index contributed by atoms with van der Waals surface area (Å²) in [5.74, 6) is 7.14. The maximum Gasteiger partial charge on any atom is 0.187 e. The summed E-state index contributed by atoms with van der Waals surface area (Å²) in [5, 5.41) is 0. The van der Waals surface area contributed by atoms with Crippen molar-refractivity contribution in [2.75, 3.05) is 0 Å². The number of hydrogen-bond donors (Lipinski definition) is 0. The van der Waals surface area contributed by atoms with E-state index >= 15 is 0 Å². The van der Waals surface area contributed by atoms with Gasteiger partial charge in [-0.1, -0.05) is 120 Å². The molecule has 4 aromatic carbocycles. The van der Waals surface area contributed by atoms with E-state index in [2.05, 4.69) is 117 Å². The Morgan fingerprint density at radius 2 is 0.952 bits per heavy atom. The van der Waals surface area contributed by atoms with Gasteiger partial charge >= 0.3 is 0 Å². The van der Waals surface area contributed by atoms with E-state index in [0.29, 0.717) is 0 Å². The maximum atomic E-state index is 7.63. The second-order valence-electron chi connectivity index (χ2n) is 12.3. The molecular formula is C41H41N. The summed E-state index contributed by atoms with van der Waals surface area (Å²) >= 11 is 0. The Morgan fingerprint density at radius 1 is 0.524 bits per heavy atom. The first-order chi connectivity index (χ1) is 20.5. The molecule has 0 bridgehead atoms. The van der Waals surface area contributed by atoms with Crippen molar-refractivity contribution in [1.82, 2.24) is 0 Å². The average Bonchev–Trinajstić information content (AvgIpc) is 3.43. The van der Waals surface area contributed by atoms with Crippen LogP contribution in [0.4, 0.5) is 5.69 Å². The van der Waals surface area contributed by atoms with Crippen molar-refractivity contribution in [3.8, 4) is 34.1 Å². The van der Waals surface area contributed by atoms with E-state index in [4.69, 9.17) is 6.57 Å². The summed E-state index contributed by atoms with van der Waals surface area (Å²) in [6.45, 7) is 16.8. The predicted octanol–water partition coefficient (Wildman–Crippen LogP) is 11.4. The number of rotatable bonds is 8. The van der Waals surface area contributed by atoms with Crippen LogP contribution in [-0.4, -0.2) is 0 Å². The zero-order valence-corrected chi connectivity index (χ0v) is 25.6. The van der Waals surface area contributed by atoms with Gasteiger partial charge in [-0.2, -0.15) is 0 Å². The quantitative estimate of drug-likeness (QED) is 0.153. The minimum atomic E-state index is -0.0498. The first kappa shape index (κ1) is 28.1. The summed E-state index contributed by atoms with van der Waals surface area (Å²) < 4.78 is 0. The molecule has 4 aromatic rings. The van der Waals surface area contributed by atoms with Gasteiger partial charge in [-0.25, -0.2) is 4.85 Å². The van der Waals surface area contributed by atoms with Crippen molar-refractivity contribution < 1.29 is 0 Å². The van der Waals surface area contributed by atoms with E-state index in [9.17, 15) is 0 Å². The van der Waals surface area contributed by atoms with Gasteiger partial charge in [0.15, 0.2) is 5.69 Å². The van der Waals surface area contributed by atoms with Gasteiger partial charge in [0.25, 0.3) is 0 Å². The third-order valence-corrected chi connectivity index (χ3v) is 9.80. The van der Waals surface area contributed by atoms with Crippen molar-refractivity contribution in [1.29, 1.82) is 0 Å². The lowest BCUT2D eigenvalue weighted by Crippen LogP contribution is -2.25. The van der Waals surface area contributed by atoms with Gasteiger partial charge < -0.3 is 0 Å². The van der Waals surface area contributed by atoms with Crippen LogP contribution in [0.5, 0.6) is 0 Å². The fourth-order valence-corrected chi connectivity index (χ4v) is 8.34. The number of nitrogens with zero attached hydrogens (tertiary/aromatic N) is 1. The third-order valence-electron chi connectivity index (χ3n) is 9.80. The van der Waals surface area contributed by atoms with Crippen molar-refractivity contribution in [3.05, 3.63) is 124 Å². The molecule has 0 N–H and O–H groups in total. The Balaban J connectivity index is 1.43. The minimum Gasteiger partial charge on any atom is -0.238 e. The van der Waals surface area contributed by atoms with Crippen LogP contribution in [0.25, 0.3) is 27.1 Å². The molecule has 2 aliphatic carbocycles. The molecule has 0 aromatic heterocycles. The molecule has 0 atom stereocenters. The van der Waals surface area contributed by atoms with Crippen LogP contribution in [0.2, 0.25) is 0 Å². The SMILES string of the molecule is [C-]#[N+]c1ccc2c(c1)C(CCC)(CCC)c1cc(C#Cc3ccc4c(c3)C(CCC)(CCC)c3ccccc3-4)ccc1-2. The van der Waals surface area contributed by atoms with Gasteiger partial charge in [0, 0.05) is 22.0 Å². The molecule has 1 heteroatoms. The van der Waals surface area contributed by atoms with Crippen LogP contribution >= 0.6 is 0 Å². The monoisotopic (exact) mass is 547 g/mol. The Bertz CT molecular complexity index is 1740. The summed E-state index contributed by atoms with van der Waals surface area (Å²) in [4.78, 5) is 3.78. The van der Waals surface area contributed by atoms with E-state index in [-0.39, 0.29) is 10.8 Å². The summed E-state index contributed by atoms with van der Waals surface area (Å²) in [7, 11) is 0. The van der Waals surface area contributed by atoms with Crippen LogP contribution in [0.3, 0.4) is 0 Å². The van der Waals surface area contributed by atoms with E-state index in [0.717, 1.165) is 55.3 Å². The standard InChI is InChI=1S/C41H41N/c1-6-22-40(23-7-2)36-13-11-10-12-32(36)33-19-16-29(26-37(33)40)14-15-30-17-20-34-35-21-18-31(42-5)28-39(35)41(24-8-3,25-9-4)38(34)27-30/h10-13,16-21,26-28H,6-9,22-25H2,1-4H3. The molecule has 0 unspecified atom stereocenters. The molecule has 0 spiro atoms. The predicted molar refractivity (Wildman–Crippen MR) is 177 cm³/mol. The van der Waals surface area contributed by atoms with Crippen molar-refractivity contribution in [3.63, 3.8) is 0 Å². The zero-order chi connectivity index (χ0) is 29.3. The lowest BCUT2D eigenvalue weighted by Gasteiger charge is -2.32. The molecule has 42 heavy (non-hydrogen) atoms. The van der Waals surface area contributed by atoms with Crippen LogP contribution in [-0.2, 0) is 10.8 Å². The molecule has 6 rings (SSSR count). The molecular weight excluding hydrogens is 506 g/mol. The minimum absolute atomic E-state index is 0.0498. The molecule has 0 amide bonds. The molecule has 1 nitrogen and oxygen atoms in total. The molecule has 2 aliphatic rings. The summed E-state index contributed by atoms with van der Waals surface area (Å²) in [6.07, 6.45) is 9.03. The van der Waals surface area contributed by atoms with Gasteiger partial charge in [0.1, 0.15) is 0 Å². The molecule has 0 saturated heterocycles. The smallest absolute Gasteiger partial charge is 0.187 e. The lowest BCUT2D eigenvalue weighted by atomic mass is 9.71. The fraction of sp³-hybridized carbons (Fsp3) is 0.341. The van der Waals surface area contributed by atoms with Gasteiger partial charge in [-0.05, 0) is 94.5 Å². The summed E-state index contributed by atoms with van der Waals surface area (Å²) in [6, 6.07) is 29.1. The normalized spacial score (nSPS) is 14.6. The number of hydrogen-bond acceptors (Lipinski definition) is 0. The second-order valence-corrected chi connectivity index (χ2v) is 12.3. The topological polar surface area (TPSA) is 4.36 Å². The van der Waals surface area contributed by atoms with Gasteiger partial charge in [-0.15, -0.1) is 0 Å². The highest BCUT2D eigenvalue weighted by atomic mass is 14.6. The molecule has 0 fully saturated rings. The second kappa shape index (κ2) is 11.3. The van der Waals surface area contributed by atoms with Gasteiger partial charge in [0.2, 0.25) is 0 Å². The zero-order valence-electron chi connectivity index (χ0n) is 25.6. The Morgan fingerprint density at radius 3 is 1.45 bits per heavy atom. The van der Waals surface area contributed by atoms with Crippen LogP contribution < -0.4 is 0 Å². The maximum absolute atomic E-state index is 7.63. The molecule has 0 saturated carbocycles. The van der Waals surface area contributed by atoms with Crippen molar-refractivity contribution in [2.24, 2.45) is 0 Å². The highest BCUT2D eigenvalue weighted by Gasteiger charge is 2.43. The fourth-order valence-electron chi connectivity index (χ4n) is 8.34. The van der Waals surface area contributed by atoms with Crippen LogP contribution in [0.15, 0.2) is 78.9 Å². The van der Waals surface area contributed by atoms with Gasteiger partial charge in [0.05, 0.1) is 6.57 Å². The average molecular weight is 548 g/mol. The van der Waals surface area contributed by atoms with E-state index in [1.807, 2.05) is 6.07 Å². The Kier molecular flexibility index (Phi) is 7.56. The summed E-state index contributed by atoms with van der Waals surface area (Å²) in [5.41, 5.74) is 14.0. The molecule has 0 radical (unpaired) electrons. The largest absolute Gasteiger partial charge is 0.238 e. The molecule has 0 aliphatic heterocycles. The van der Waals surface area contributed by atoms with Crippen LogP contribution in [0, 0.1) is 18.4 Å².